The highest BCUT2D eigenvalue weighted by atomic mass is 16.5. The number of ether oxygens (including phenoxy) is 1. The van der Waals surface area contributed by atoms with Gasteiger partial charge in [0, 0.05) is 18.1 Å². The number of H-pyrrole nitrogens is 1. The summed E-state index contributed by atoms with van der Waals surface area (Å²) in [6, 6.07) is 15.8. The maximum absolute atomic E-state index is 10.8. The first kappa shape index (κ1) is 13.7. The van der Waals surface area contributed by atoms with E-state index in [0.29, 0.717) is 6.42 Å². The fourth-order valence-corrected chi connectivity index (χ4v) is 2.63. The molecular weight excluding hydrogens is 262 g/mol. The Morgan fingerprint density at radius 3 is 2.57 bits per heavy atom. The molecule has 0 aliphatic heterocycles. The summed E-state index contributed by atoms with van der Waals surface area (Å²) in [6.45, 7) is 1.85. The van der Waals surface area contributed by atoms with E-state index in [9.17, 15) is 5.11 Å². The van der Waals surface area contributed by atoms with Gasteiger partial charge in [-0.15, -0.1) is 0 Å². The summed E-state index contributed by atoms with van der Waals surface area (Å²) in [5.41, 5.74) is 2.18. The molecular formula is C18H19NO2. The van der Waals surface area contributed by atoms with Crippen molar-refractivity contribution in [3.8, 4) is 5.75 Å². The van der Waals surface area contributed by atoms with Gasteiger partial charge < -0.3 is 14.8 Å². The molecule has 1 unspecified atom stereocenters. The van der Waals surface area contributed by atoms with Crippen molar-refractivity contribution in [3.63, 3.8) is 0 Å². The summed E-state index contributed by atoms with van der Waals surface area (Å²) in [6.07, 6.45) is 2.47. The molecule has 0 aliphatic carbocycles. The van der Waals surface area contributed by atoms with Crippen LogP contribution in [0.3, 0.4) is 0 Å². The summed E-state index contributed by atoms with van der Waals surface area (Å²) in [7, 11) is 1.65. The molecule has 3 heteroatoms. The van der Waals surface area contributed by atoms with Crippen molar-refractivity contribution in [1.82, 2.24) is 4.98 Å². The third kappa shape index (κ3) is 2.78. The van der Waals surface area contributed by atoms with E-state index in [2.05, 4.69) is 4.98 Å². The van der Waals surface area contributed by atoms with Gasteiger partial charge in [0.05, 0.1) is 12.7 Å². The van der Waals surface area contributed by atoms with Gasteiger partial charge in [0.2, 0.25) is 0 Å². The molecule has 2 aromatic carbocycles. The quantitative estimate of drug-likeness (QED) is 0.767. The zero-order valence-electron chi connectivity index (χ0n) is 12.3. The van der Waals surface area contributed by atoms with Crippen molar-refractivity contribution in [2.75, 3.05) is 7.11 Å². The van der Waals surface area contributed by atoms with Crippen LogP contribution in [-0.4, -0.2) is 17.2 Å². The molecule has 3 rings (SSSR count). The zero-order chi connectivity index (χ0) is 14.9. The fraction of sp³-hybridized carbons (Fsp3) is 0.222. The molecule has 3 nitrogen and oxygen atoms in total. The molecule has 0 amide bonds. The van der Waals surface area contributed by atoms with Crippen LogP contribution in [-0.2, 0) is 12.0 Å². The van der Waals surface area contributed by atoms with Crippen LogP contribution in [0, 0.1) is 0 Å². The fourth-order valence-electron chi connectivity index (χ4n) is 2.63. The Hall–Kier alpha value is -2.26. The average molecular weight is 281 g/mol. The Bertz CT molecular complexity index is 741. The molecule has 3 aromatic rings. The summed E-state index contributed by atoms with van der Waals surface area (Å²) in [5.74, 6) is 0.826. The van der Waals surface area contributed by atoms with Gasteiger partial charge in [-0.1, -0.05) is 18.2 Å². The van der Waals surface area contributed by atoms with Gasteiger partial charge >= 0.3 is 0 Å². The van der Waals surface area contributed by atoms with Crippen LogP contribution >= 0.6 is 0 Å². The number of fused-ring (bicyclic) bond motifs is 1. The lowest BCUT2D eigenvalue weighted by molar-refractivity contribution is 0.0577. The van der Waals surface area contributed by atoms with Gasteiger partial charge in [0.1, 0.15) is 5.75 Å². The van der Waals surface area contributed by atoms with E-state index in [4.69, 9.17) is 4.74 Å². The predicted octanol–water partition coefficient (Wildman–Crippen LogP) is 3.63. The third-order valence-corrected chi connectivity index (χ3v) is 3.88. The van der Waals surface area contributed by atoms with Crippen molar-refractivity contribution >= 4 is 10.9 Å². The highest BCUT2D eigenvalue weighted by Crippen LogP contribution is 2.28. The number of aromatic nitrogens is 1. The summed E-state index contributed by atoms with van der Waals surface area (Å²) < 4.78 is 5.16. The van der Waals surface area contributed by atoms with Gasteiger partial charge in [0.25, 0.3) is 0 Å². The largest absolute Gasteiger partial charge is 0.497 e. The van der Waals surface area contributed by atoms with Crippen LogP contribution in [0.5, 0.6) is 5.75 Å². The van der Waals surface area contributed by atoms with Crippen molar-refractivity contribution in [3.05, 3.63) is 65.9 Å². The minimum atomic E-state index is -0.903. The molecule has 21 heavy (non-hydrogen) atoms. The van der Waals surface area contributed by atoms with E-state index < -0.39 is 5.60 Å². The van der Waals surface area contributed by atoms with Crippen LogP contribution < -0.4 is 4.74 Å². The SMILES string of the molecule is COc1ccc(CC(C)(O)c2ccc3[nH]ccc3c2)cc1. The second kappa shape index (κ2) is 5.26. The molecule has 0 spiro atoms. The number of nitrogens with one attached hydrogen (secondary N) is 1. The standard InChI is InChI=1S/C18H19NO2/c1-18(20,12-13-3-6-16(21-2)7-4-13)15-5-8-17-14(11-15)9-10-19-17/h3-11,19-20H,12H2,1-2H3. The molecule has 2 N–H and O–H groups in total. The monoisotopic (exact) mass is 281 g/mol. The molecule has 1 heterocycles. The molecule has 0 fully saturated rings. The Labute approximate surface area is 124 Å². The number of hydrogen-bond acceptors (Lipinski definition) is 2. The van der Waals surface area contributed by atoms with Crippen LogP contribution in [0.4, 0.5) is 0 Å². The van der Waals surface area contributed by atoms with Crippen molar-refractivity contribution in [2.45, 2.75) is 18.9 Å². The van der Waals surface area contributed by atoms with Crippen LogP contribution in [0.1, 0.15) is 18.1 Å². The first-order valence-corrected chi connectivity index (χ1v) is 7.01. The molecule has 0 saturated heterocycles. The average Bonchev–Trinajstić information content (AvgIpc) is 2.95. The first-order chi connectivity index (χ1) is 10.1. The van der Waals surface area contributed by atoms with E-state index in [0.717, 1.165) is 27.8 Å². The normalized spacial score (nSPS) is 14.0. The Morgan fingerprint density at radius 1 is 1.10 bits per heavy atom. The lowest BCUT2D eigenvalue weighted by Crippen LogP contribution is -2.24. The molecule has 1 atom stereocenters. The first-order valence-electron chi connectivity index (χ1n) is 7.01. The second-order valence-corrected chi connectivity index (χ2v) is 5.58. The number of rotatable bonds is 4. The molecule has 0 saturated carbocycles. The van der Waals surface area contributed by atoms with Crippen molar-refractivity contribution < 1.29 is 9.84 Å². The topological polar surface area (TPSA) is 45.2 Å². The van der Waals surface area contributed by atoms with E-state index in [1.165, 1.54) is 0 Å². The Morgan fingerprint density at radius 2 is 1.86 bits per heavy atom. The van der Waals surface area contributed by atoms with Crippen LogP contribution in [0.25, 0.3) is 10.9 Å². The maximum atomic E-state index is 10.8. The number of aromatic amines is 1. The van der Waals surface area contributed by atoms with Gasteiger partial charge in [-0.3, -0.25) is 0 Å². The molecule has 108 valence electrons. The Balaban J connectivity index is 1.87. The lowest BCUT2D eigenvalue weighted by atomic mass is 9.88. The highest BCUT2D eigenvalue weighted by molar-refractivity contribution is 5.80. The predicted molar refractivity (Wildman–Crippen MR) is 84.6 cm³/mol. The summed E-state index contributed by atoms with van der Waals surface area (Å²) in [5, 5.41) is 11.9. The third-order valence-electron chi connectivity index (χ3n) is 3.88. The number of benzene rings is 2. The number of hydrogen-bond donors (Lipinski definition) is 2. The molecule has 0 aliphatic rings. The van der Waals surface area contributed by atoms with E-state index in [1.807, 2.05) is 61.7 Å². The van der Waals surface area contributed by atoms with E-state index in [1.54, 1.807) is 7.11 Å². The minimum absolute atomic E-state index is 0.562. The smallest absolute Gasteiger partial charge is 0.118 e. The van der Waals surface area contributed by atoms with Gasteiger partial charge in [-0.05, 0) is 53.8 Å². The van der Waals surface area contributed by atoms with Crippen molar-refractivity contribution in [2.24, 2.45) is 0 Å². The van der Waals surface area contributed by atoms with E-state index >= 15 is 0 Å². The highest BCUT2D eigenvalue weighted by Gasteiger charge is 2.23. The minimum Gasteiger partial charge on any atom is -0.497 e. The zero-order valence-corrected chi connectivity index (χ0v) is 12.3. The second-order valence-electron chi connectivity index (χ2n) is 5.58. The van der Waals surface area contributed by atoms with Gasteiger partial charge in [-0.25, -0.2) is 0 Å². The van der Waals surface area contributed by atoms with Gasteiger partial charge in [-0.2, -0.15) is 0 Å². The number of aliphatic hydroxyl groups is 1. The molecule has 0 radical (unpaired) electrons. The Kier molecular flexibility index (Phi) is 3.43. The van der Waals surface area contributed by atoms with Gasteiger partial charge in [0.15, 0.2) is 0 Å². The van der Waals surface area contributed by atoms with Crippen LogP contribution in [0.15, 0.2) is 54.7 Å². The number of methoxy groups -OCH3 is 1. The summed E-state index contributed by atoms with van der Waals surface area (Å²) in [4.78, 5) is 3.17. The maximum Gasteiger partial charge on any atom is 0.118 e. The summed E-state index contributed by atoms with van der Waals surface area (Å²) >= 11 is 0. The molecule has 0 bridgehead atoms. The lowest BCUT2D eigenvalue weighted by Gasteiger charge is -2.24. The van der Waals surface area contributed by atoms with Crippen molar-refractivity contribution in [1.29, 1.82) is 0 Å². The molecule has 1 aromatic heterocycles. The van der Waals surface area contributed by atoms with E-state index in [-0.39, 0.29) is 0 Å². The van der Waals surface area contributed by atoms with Crippen LogP contribution in [0.2, 0.25) is 0 Å².